The summed E-state index contributed by atoms with van der Waals surface area (Å²) in [4.78, 5) is 4.79. The molecule has 0 saturated carbocycles. The van der Waals surface area contributed by atoms with Gasteiger partial charge in [-0.25, -0.2) is 0 Å². The fraction of sp³-hybridized carbons (Fsp3) is 0.500. The first-order valence-corrected chi connectivity index (χ1v) is 6.33. The minimum absolute atomic E-state index is 0.314. The van der Waals surface area contributed by atoms with E-state index < -0.39 is 0 Å². The maximum atomic E-state index is 9.33. The Balaban J connectivity index is 1.98. The predicted molar refractivity (Wildman–Crippen MR) is 68.6 cm³/mol. The maximum Gasteiger partial charge on any atom is 0.116 e. The van der Waals surface area contributed by atoms with Gasteiger partial charge in [0.1, 0.15) is 5.75 Å². The van der Waals surface area contributed by atoms with Gasteiger partial charge in [0.25, 0.3) is 0 Å². The Labute approximate surface area is 105 Å². The Bertz CT molecular complexity index is 362. The third kappa shape index (κ3) is 2.97. The van der Waals surface area contributed by atoms with Crippen LogP contribution in [0.1, 0.15) is 5.56 Å². The Kier molecular flexibility index (Phi) is 3.84. The van der Waals surface area contributed by atoms with E-state index >= 15 is 0 Å². The zero-order valence-corrected chi connectivity index (χ0v) is 11.1. The molecule has 1 heterocycles. The van der Waals surface area contributed by atoms with Gasteiger partial charge >= 0.3 is 0 Å². The van der Waals surface area contributed by atoms with E-state index in [4.69, 9.17) is 0 Å². The van der Waals surface area contributed by atoms with E-state index in [9.17, 15) is 5.11 Å². The van der Waals surface area contributed by atoms with Gasteiger partial charge in [0, 0.05) is 37.2 Å². The highest BCUT2D eigenvalue weighted by Gasteiger charge is 2.14. The van der Waals surface area contributed by atoms with E-state index in [1.54, 1.807) is 12.1 Å². The van der Waals surface area contributed by atoms with Crippen molar-refractivity contribution in [3.05, 3.63) is 28.2 Å². The van der Waals surface area contributed by atoms with Gasteiger partial charge in [-0.1, -0.05) is 22.0 Å². The summed E-state index contributed by atoms with van der Waals surface area (Å²) in [7, 11) is 2.16. The van der Waals surface area contributed by atoms with Crippen molar-refractivity contribution >= 4 is 15.9 Å². The number of hydrogen-bond donors (Lipinski definition) is 1. The molecule has 0 spiro atoms. The van der Waals surface area contributed by atoms with Crippen LogP contribution in [0.2, 0.25) is 0 Å². The van der Waals surface area contributed by atoms with Crippen molar-refractivity contribution in [3.8, 4) is 5.75 Å². The number of rotatable bonds is 2. The molecule has 4 heteroatoms. The fourth-order valence-corrected chi connectivity index (χ4v) is 2.40. The monoisotopic (exact) mass is 284 g/mol. The highest BCUT2D eigenvalue weighted by atomic mass is 79.9. The van der Waals surface area contributed by atoms with Gasteiger partial charge in [0.2, 0.25) is 0 Å². The van der Waals surface area contributed by atoms with Gasteiger partial charge in [0.05, 0.1) is 0 Å². The summed E-state index contributed by atoms with van der Waals surface area (Å²) >= 11 is 3.49. The number of halogens is 1. The summed E-state index contributed by atoms with van der Waals surface area (Å²) in [6.07, 6.45) is 0. The highest BCUT2D eigenvalue weighted by Crippen LogP contribution is 2.23. The van der Waals surface area contributed by atoms with Crippen molar-refractivity contribution in [1.82, 2.24) is 9.80 Å². The Morgan fingerprint density at radius 2 is 1.94 bits per heavy atom. The van der Waals surface area contributed by atoms with E-state index in [0.717, 1.165) is 37.2 Å². The normalized spacial score (nSPS) is 18.9. The molecule has 1 aliphatic rings. The van der Waals surface area contributed by atoms with Crippen molar-refractivity contribution < 1.29 is 5.11 Å². The molecule has 16 heavy (non-hydrogen) atoms. The summed E-state index contributed by atoms with van der Waals surface area (Å²) in [6.45, 7) is 5.45. The van der Waals surface area contributed by atoms with Crippen LogP contribution in [0, 0.1) is 0 Å². The van der Waals surface area contributed by atoms with Gasteiger partial charge in [-0.2, -0.15) is 0 Å². The molecule has 0 unspecified atom stereocenters. The molecule has 1 fully saturated rings. The zero-order valence-electron chi connectivity index (χ0n) is 9.49. The molecule has 0 radical (unpaired) electrons. The molecule has 1 aliphatic heterocycles. The number of piperazine rings is 1. The third-order valence-corrected chi connectivity index (χ3v) is 3.76. The van der Waals surface area contributed by atoms with Gasteiger partial charge < -0.3 is 10.0 Å². The molecule has 0 aromatic heterocycles. The molecule has 0 atom stereocenters. The van der Waals surface area contributed by atoms with Crippen molar-refractivity contribution in [1.29, 1.82) is 0 Å². The molecule has 0 amide bonds. The molecular weight excluding hydrogens is 268 g/mol. The van der Waals surface area contributed by atoms with Crippen molar-refractivity contribution in [2.45, 2.75) is 6.54 Å². The average Bonchev–Trinajstić information content (AvgIpc) is 2.25. The minimum Gasteiger partial charge on any atom is -0.508 e. The van der Waals surface area contributed by atoms with Gasteiger partial charge in [-0.3, -0.25) is 4.90 Å². The standard InChI is InChI=1S/C12H17BrN2O/c1-14-4-6-15(7-5-14)9-10-2-3-11(16)8-12(10)13/h2-3,8,16H,4-7,9H2,1H3. The molecule has 0 aliphatic carbocycles. The van der Waals surface area contributed by atoms with E-state index in [1.165, 1.54) is 5.56 Å². The van der Waals surface area contributed by atoms with E-state index in [-0.39, 0.29) is 0 Å². The van der Waals surface area contributed by atoms with Crippen LogP contribution in [0.5, 0.6) is 5.75 Å². The largest absolute Gasteiger partial charge is 0.508 e. The number of phenols is 1. The van der Waals surface area contributed by atoms with Gasteiger partial charge in [-0.15, -0.1) is 0 Å². The smallest absolute Gasteiger partial charge is 0.116 e. The zero-order chi connectivity index (χ0) is 11.5. The lowest BCUT2D eigenvalue weighted by Crippen LogP contribution is -2.43. The first kappa shape index (κ1) is 11.9. The van der Waals surface area contributed by atoms with E-state index in [1.807, 2.05) is 6.07 Å². The molecule has 88 valence electrons. The molecule has 0 bridgehead atoms. The number of benzene rings is 1. The Morgan fingerprint density at radius 1 is 1.25 bits per heavy atom. The average molecular weight is 285 g/mol. The highest BCUT2D eigenvalue weighted by molar-refractivity contribution is 9.10. The fourth-order valence-electron chi connectivity index (χ4n) is 1.91. The lowest BCUT2D eigenvalue weighted by Gasteiger charge is -2.32. The summed E-state index contributed by atoms with van der Waals surface area (Å²) in [5.41, 5.74) is 1.24. The quantitative estimate of drug-likeness (QED) is 0.899. The van der Waals surface area contributed by atoms with Crippen LogP contribution in [0.25, 0.3) is 0 Å². The predicted octanol–water partition coefficient (Wildman–Crippen LogP) is 1.90. The second kappa shape index (κ2) is 5.17. The lowest BCUT2D eigenvalue weighted by molar-refractivity contribution is 0.148. The van der Waals surface area contributed by atoms with E-state index in [0.29, 0.717) is 5.75 Å². The topological polar surface area (TPSA) is 26.7 Å². The molecule has 1 aromatic rings. The van der Waals surface area contributed by atoms with Crippen LogP contribution in [-0.4, -0.2) is 48.1 Å². The van der Waals surface area contributed by atoms with Crippen molar-refractivity contribution in [2.24, 2.45) is 0 Å². The van der Waals surface area contributed by atoms with E-state index in [2.05, 4.69) is 32.8 Å². The summed E-state index contributed by atoms with van der Waals surface area (Å²) in [6, 6.07) is 5.49. The van der Waals surface area contributed by atoms with Crippen LogP contribution in [0.3, 0.4) is 0 Å². The van der Waals surface area contributed by atoms with Crippen LogP contribution >= 0.6 is 15.9 Å². The molecule has 2 rings (SSSR count). The van der Waals surface area contributed by atoms with Crippen LogP contribution < -0.4 is 0 Å². The van der Waals surface area contributed by atoms with Gasteiger partial charge in [0.15, 0.2) is 0 Å². The summed E-state index contributed by atoms with van der Waals surface area (Å²) < 4.78 is 0.992. The summed E-state index contributed by atoms with van der Waals surface area (Å²) in [5.74, 6) is 0.314. The molecule has 1 saturated heterocycles. The maximum absolute atomic E-state index is 9.33. The molecule has 3 nitrogen and oxygen atoms in total. The Hall–Kier alpha value is -0.580. The van der Waals surface area contributed by atoms with Crippen LogP contribution in [0.15, 0.2) is 22.7 Å². The first-order valence-electron chi connectivity index (χ1n) is 5.53. The van der Waals surface area contributed by atoms with Crippen molar-refractivity contribution in [2.75, 3.05) is 33.2 Å². The minimum atomic E-state index is 0.314. The SMILES string of the molecule is CN1CCN(Cc2ccc(O)cc2Br)CC1. The molecular formula is C12H17BrN2O. The van der Waals surface area contributed by atoms with Gasteiger partial charge in [-0.05, 0) is 24.7 Å². The second-order valence-corrected chi connectivity index (χ2v) is 5.21. The number of likely N-dealkylation sites (N-methyl/N-ethyl adjacent to an activating group) is 1. The molecule has 1 N–H and O–H groups in total. The lowest BCUT2D eigenvalue weighted by atomic mass is 10.2. The third-order valence-electron chi connectivity index (χ3n) is 3.03. The summed E-state index contributed by atoms with van der Waals surface area (Å²) in [5, 5.41) is 9.33. The molecule has 1 aromatic carbocycles. The van der Waals surface area contributed by atoms with Crippen LogP contribution in [0.4, 0.5) is 0 Å². The Morgan fingerprint density at radius 3 is 2.56 bits per heavy atom. The number of hydrogen-bond acceptors (Lipinski definition) is 3. The first-order chi connectivity index (χ1) is 7.65. The number of phenolic OH excluding ortho intramolecular Hbond substituents is 1. The second-order valence-electron chi connectivity index (χ2n) is 4.36. The number of nitrogens with zero attached hydrogens (tertiary/aromatic N) is 2. The van der Waals surface area contributed by atoms with Crippen LogP contribution in [-0.2, 0) is 6.54 Å². The number of aromatic hydroxyl groups is 1. The van der Waals surface area contributed by atoms with Crippen molar-refractivity contribution in [3.63, 3.8) is 0 Å².